The number of rotatable bonds is 5. The van der Waals surface area contributed by atoms with Gasteiger partial charge in [-0.15, -0.1) is 24.0 Å². The molecule has 1 aliphatic heterocycles. The van der Waals surface area contributed by atoms with Gasteiger partial charge in [-0.2, -0.15) is 5.10 Å². The summed E-state index contributed by atoms with van der Waals surface area (Å²) in [6.07, 6.45) is 3.81. The first-order chi connectivity index (χ1) is 14.8. The van der Waals surface area contributed by atoms with Crippen LogP contribution >= 0.6 is 24.0 Å². The smallest absolute Gasteiger partial charge is 0.194 e. The third-order valence-electron chi connectivity index (χ3n) is 5.17. The molecule has 1 N–H and O–H groups in total. The molecule has 0 spiro atoms. The van der Waals surface area contributed by atoms with E-state index in [9.17, 15) is 0 Å². The lowest BCUT2D eigenvalue weighted by Gasteiger charge is -2.37. The van der Waals surface area contributed by atoms with E-state index in [1.54, 1.807) is 7.11 Å². The molecule has 9 heteroatoms. The summed E-state index contributed by atoms with van der Waals surface area (Å²) in [6, 6.07) is 15.9. The van der Waals surface area contributed by atoms with Crippen LogP contribution < -0.4 is 15.0 Å². The molecule has 1 aliphatic rings. The number of piperazine rings is 1. The van der Waals surface area contributed by atoms with Gasteiger partial charge in [-0.1, -0.05) is 6.07 Å². The Kier molecular flexibility index (Phi) is 8.10. The maximum atomic E-state index is 5.21. The van der Waals surface area contributed by atoms with Gasteiger partial charge in [0.15, 0.2) is 5.96 Å². The van der Waals surface area contributed by atoms with Crippen LogP contribution in [0.25, 0.3) is 5.69 Å². The Bertz CT molecular complexity index is 967. The molecule has 0 atom stereocenters. The molecule has 0 unspecified atom stereocenters. The predicted octanol–water partition coefficient (Wildman–Crippen LogP) is 2.79. The van der Waals surface area contributed by atoms with Crippen LogP contribution in [0.3, 0.4) is 0 Å². The minimum atomic E-state index is 0. The van der Waals surface area contributed by atoms with Crippen molar-refractivity contribution in [2.45, 2.75) is 6.54 Å². The number of anilines is 1. The number of benzene rings is 1. The highest BCUT2D eigenvalue weighted by atomic mass is 127. The van der Waals surface area contributed by atoms with E-state index in [0.717, 1.165) is 55.1 Å². The summed E-state index contributed by atoms with van der Waals surface area (Å²) >= 11 is 0. The molecule has 1 fully saturated rings. The molecule has 1 aromatic carbocycles. The van der Waals surface area contributed by atoms with Gasteiger partial charge in [-0.25, -0.2) is 9.67 Å². The first kappa shape index (κ1) is 22.9. The standard InChI is InChI=1S/C22H27N7O.HI/c1-23-22(28-15-13-27(14-16-28)21-5-3-4-11-24-21)25-17-18-10-12-29(26-18)19-6-8-20(30-2)9-7-19;/h3-12H,13-17H2,1-2H3,(H,23,25);1H. The molecule has 4 rings (SSSR count). The van der Waals surface area contributed by atoms with Crippen LogP contribution in [0.15, 0.2) is 65.9 Å². The van der Waals surface area contributed by atoms with E-state index >= 15 is 0 Å². The Hall–Kier alpha value is -2.82. The van der Waals surface area contributed by atoms with Crippen LogP contribution in [0.4, 0.5) is 5.82 Å². The zero-order valence-electron chi connectivity index (χ0n) is 17.8. The second-order valence-electron chi connectivity index (χ2n) is 7.01. The van der Waals surface area contributed by atoms with Gasteiger partial charge in [-0.05, 0) is 42.5 Å². The third-order valence-corrected chi connectivity index (χ3v) is 5.17. The quantitative estimate of drug-likeness (QED) is 0.309. The lowest BCUT2D eigenvalue weighted by atomic mass is 10.3. The van der Waals surface area contributed by atoms with Gasteiger partial charge < -0.3 is 19.9 Å². The van der Waals surface area contributed by atoms with E-state index in [1.807, 2.05) is 66.6 Å². The number of guanidine groups is 1. The van der Waals surface area contributed by atoms with Gasteiger partial charge in [0.1, 0.15) is 11.6 Å². The Labute approximate surface area is 200 Å². The van der Waals surface area contributed by atoms with Crippen LogP contribution in [0.1, 0.15) is 5.69 Å². The maximum Gasteiger partial charge on any atom is 0.194 e. The van der Waals surface area contributed by atoms with Crippen LogP contribution in [0, 0.1) is 0 Å². The van der Waals surface area contributed by atoms with Crippen molar-refractivity contribution in [1.82, 2.24) is 25.0 Å². The lowest BCUT2D eigenvalue weighted by Crippen LogP contribution is -2.52. The molecule has 3 aromatic rings. The zero-order chi connectivity index (χ0) is 20.8. The van der Waals surface area contributed by atoms with Crippen molar-refractivity contribution in [3.8, 4) is 11.4 Å². The van der Waals surface area contributed by atoms with Crippen molar-refractivity contribution < 1.29 is 4.74 Å². The normalized spacial score (nSPS) is 14.2. The Morgan fingerprint density at radius 1 is 1.06 bits per heavy atom. The highest BCUT2D eigenvalue weighted by Crippen LogP contribution is 2.15. The van der Waals surface area contributed by atoms with Crippen molar-refractivity contribution in [1.29, 1.82) is 0 Å². The zero-order valence-corrected chi connectivity index (χ0v) is 20.1. The van der Waals surface area contributed by atoms with Crippen LogP contribution in [0.5, 0.6) is 5.75 Å². The summed E-state index contributed by atoms with van der Waals surface area (Å²) in [5.41, 5.74) is 1.95. The Balaban J connectivity index is 0.00000272. The number of methoxy groups -OCH3 is 1. The number of aliphatic imine (C=N–C) groups is 1. The third kappa shape index (κ3) is 5.66. The largest absolute Gasteiger partial charge is 0.497 e. The van der Waals surface area contributed by atoms with Crippen LogP contribution in [0.2, 0.25) is 0 Å². The van der Waals surface area contributed by atoms with E-state index in [0.29, 0.717) is 6.54 Å². The Morgan fingerprint density at radius 3 is 2.48 bits per heavy atom. The average Bonchev–Trinajstić information content (AvgIpc) is 3.29. The molecule has 8 nitrogen and oxygen atoms in total. The molecule has 31 heavy (non-hydrogen) atoms. The van der Waals surface area contributed by atoms with Gasteiger partial charge in [0.2, 0.25) is 0 Å². The molecular weight excluding hydrogens is 505 g/mol. The van der Waals surface area contributed by atoms with Gasteiger partial charge in [0, 0.05) is 45.6 Å². The summed E-state index contributed by atoms with van der Waals surface area (Å²) < 4.78 is 7.08. The molecule has 0 bridgehead atoms. The van der Waals surface area contributed by atoms with Gasteiger partial charge >= 0.3 is 0 Å². The van der Waals surface area contributed by atoms with Crippen LogP contribution in [-0.2, 0) is 6.54 Å². The molecule has 0 aliphatic carbocycles. The number of aromatic nitrogens is 3. The monoisotopic (exact) mass is 533 g/mol. The van der Waals surface area contributed by atoms with Crippen molar-refractivity contribution in [2.75, 3.05) is 45.2 Å². The summed E-state index contributed by atoms with van der Waals surface area (Å²) in [5, 5.41) is 8.10. The summed E-state index contributed by atoms with van der Waals surface area (Å²) in [4.78, 5) is 13.5. The molecule has 0 saturated carbocycles. The second kappa shape index (κ2) is 11.0. The number of hydrogen-bond donors (Lipinski definition) is 1. The summed E-state index contributed by atoms with van der Waals surface area (Å²) in [7, 11) is 3.49. The molecule has 0 amide bonds. The van der Waals surface area contributed by atoms with E-state index in [4.69, 9.17) is 4.74 Å². The van der Waals surface area contributed by atoms with E-state index in [1.165, 1.54) is 0 Å². The summed E-state index contributed by atoms with van der Waals surface area (Å²) in [6.45, 7) is 4.26. The number of pyridine rings is 1. The van der Waals surface area contributed by atoms with Crippen molar-refractivity contribution in [3.05, 3.63) is 66.6 Å². The summed E-state index contributed by atoms with van der Waals surface area (Å²) in [5.74, 6) is 2.76. The molecule has 1 saturated heterocycles. The Morgan fingerprint density at radius 2 is 1.84 bits per heavy atom. The highest BCUT2D eigenvalue weighted by Gasteiger charge is 2.20. The minimum Gasteiger partial charge on any atom is -0.497 e. The minimum absolute atomic E-state index is 0. The SMILES string of the molecule is CN=C(NCc1ccn(-c2ccc(OC)cc2)n1)N1CCN(c2ccccn2)CC1.I. The van der Waals surface area contributed by atoms with Gasteiger partial charge in [0.25, 0.3) is 0 Å². The molecule has 164 valence electrons. The molecule has 0 radical (unpaired) electrons. The topological polar surface area (TPSA) is 70.8 Å². The number of halogens is 1. The van der Waals surface area contributed by atoms with E-state index < -0.39 is 0 Å². The number of hydrogen-bond acceptors (Lipinski definition) is 5. The van der Waals surface area contributed by atoms with Crippen molar-refractivity contribution >= 4 is 35.8 Å². The average molecular weight is 533 g/mol. The highest BCUT2D eigenvalue weighted by molar-refractivity contribution is 14.0. The first-order valence-electron chi connectivity index (χ1n) is 10.1. The first-order valence-corrected chi connectivity index (χ1v) is 10.1. The number of ether oxygens (including phenoxy) is 1. The molecule has 2 aromatic heterocycles. The fraction of sp³-hybridized carbons (Fsp3) is 0.318. The molecule has 3 heterocycles. The van der Waals surface area contributed by atoms with Crippen LogP contribution in [-0.4, -0.2) is 66.0 Å². The second-order valence-corrected chi connectivity index (χ2v) is 7.01. The fourth-order valence-corrected chi connectivity index (χ4v) is 3.52. The number of nitrogens with zero attached hydrogens (tertiary/aromatic N) is 6. The van der Waals surface area contributed by atoms with Gasteiger partial charge in [0.05, 0.1) is 25.0 Å². The van der Waals surface area contributed by atoms with E-state index in [-0.39, 0.29) is 24.0 Å². The number of nitrogens with one attached hydrogen (secondary N) is 1. The van der Waals surface area contributed by atoms with Crippen molar-refractivity contribution in [2.24, 2.45) is 4.99 Å². The molecular formula is C22H28IN7O. The maximum absolute atomic E-state index is 5.21. The lowest BCUT2D eigenvalue weighted by molar-refractivity contribution is 0.371. The van der Waals surface area contributed by atoms with Crippen molar-refractivity contribution in [3.63, 3.8) is 0 Å². The fourth-order valence-electron chi connectivity index (χ4n) is 3.52. The van der Waals surface area contributed by atoms with E-state index in [2.05, 4.69) is 36.3 Å². The van der Waals surface area contributed by atoms with Gasteiger partial charge in [-0.3, -0.25) is 4.99 Å². The predicted molar refractivity (Wildman–Crippen MR) is 134 cm³/mol.